The summed E-state index contributed by atoms with van der Waals surface area (Å²) >= 11 is 1.64. The second-order valence-corrected chi connectivity index (χ2v) is 6.75. The summed E-state index contributed by atoms with van der Waals surface area (Å²) in [5.41, 5.74) is 1.51. The monoisotopic (exact) mass is 357 g/mol. The minimum atomic E-state index is -0.243. The molecule has 0 saturated heterocycles. The Kier molecular flexibility index (Phi) is 5.39. The zero-order valence-electron chi connectivity index (χ0n) is 14.1. The lowest BCUT2D eigenvalue weighted by atomic mass is 10.2. The summed E-state index contributed by atoms with van der Waals surface area (Å²) < 4.78 is 5.51. The molecule has 0 aliphatic heterocycles. The quantitative estimate of drug-likeness (QED) is 0.705. The van der Waals surface area contributed by atoms with E-state index in [9.17, 15) is 4.79 Å². The molecular weight excluding hydrogens is 338 g/mol. The molecule has 0 spiro atoms. The van der Waals surface area contributed by atoms with Crippen molar-refractivity contribution in [2.24, 2.45) is 0 Å². The first-order chi connectivity index (χ1) is 12.1. The number of carbonyl (C=O) groups excluding carboxylic acids is 1. The third-order valence-corrected chi connectivity index (χ3v) is 4.43. The predicted molar refractivity (Wildman–Crippen MR) is 96.7 cm³/mol. The lowest BCUT2D eigenvalue weighted by Crippen LogP contribution is -2.30. The maximum absolute atomic E-state index is 11.9. The predicted octanol–water partition coefficient (Wildman–Crippen LogP) is 3.43. The summed E-state index contributed by atoms with van der Waals surface area (Å²) in [7, 11) is 0. The Hall–Kier alpha value is -2.74. The van der Waals surface area contributed by atoms with Gasteiger partial charge in [0.25, 0.3) is 0 Å². The van der Waals surface area contributed by atoms with Crippen LogP contribution < -0.4 is 10.6 Å². The summed E-state index contributed by atoms with van der Waals surface area (Å²) in [5.74, 6) is 1.08. The van der Waals surface area contributed by atoms with E-state index in [2.05, 4.69) is 25.8 Å². The molecule has 0 aliphatic carbocycles. The molecule has 8 heteroatoms. The molecule has 25 heavy (non-hydrogen) atoms. The molecule has 0 atom stereocenters. The lowest BCUT2D eigenvalue weighted by Gasteiger charge is -2.07. The molecule has 3 rings (SSSR count). The van der Waals surface area contributed by atoms with E-state index in [1.54, 1.807) is 23.5 Å². The molecule has 7 nitrogen and oxygen atoms in total. The molecule has 0 aliphatic rings. The van der Waals surface area contributed by atoms with Crippen LogP contribution in [0.15, 0.2) is 34.9 Å². The SMILES string of the molecule is CCc1nnc(-c2ccc(NC(=O)NCCc3ncc(C)s3)cc2)o1. The number of hydrogen-bond acceptors (Lipinski definition) is 6. The Labute approximate surface area is 149 Å². The fourth-order valence-electron chi connectivity index (χ4n) is 2.18. The van der Waals surface area contributed by atoms with Gasteiger partial charge in [-0.3, -0.25) is 0 Å². The molecule has 2 amide bonds. The standard InChI is InChI=1S/C17H19N5O2S/c1-3-14-21-22-16(24-14)12-4-6-13(7-5-12)20-17(23)18-9-8-15-19-10-11(2)25-15/h4-7,10H,3,8-9H2,1-2H3,(H2,18,20,23). The molecule has 130 valence electrons. The molecule has 0 bridgehead atoms. The molecule has 2 N–H and O–H groups in total. The van der Waals surface area contributed by atoms with E-state index in [1.807, 2.05) is 32.2 Å². The highest BCUT2D eigenvalue weighted by molar-refractivity contribution is 7.11. The molecule has 1 aromatic carbocycles. The summed E-state index contributed by atoms with van der Waals surface area (Å²) in [6.07, 6.45) is 3.27. The minimum absolute atomic E-state index is 0.243. The van der Waals surface area contributed by atoms with Crippen LogP contribution in [0.3, 0.4) is 0 Å². The van der Waals surface area contributed by atoms with Crippen molar-refractivity contribution in [2.45, 2.75) is 26.7 Å². The van der Waals surface area contributed by atoms with Gasteiger partial charge in [-0.05, 0) is 31.2 Å². The Balaban J connectivity index is 1.49. The van der Waals surface area contributed by atoms with E-state index in [0.717, 1.165) is 17.0 Å². The first kappa shape index (κ1) is 17.1. The third kappa shape index (κ3) is 4.63. The maximum atomic E-state index is 11.9. The number of nitrogens with one attached hydrogen (secondary N) is 2. The fraction of sp³-hybridized carbons (Fsp3) is 0.294. The van der Waals surface area contributed by atoms with Crippen LogP contribution >= 0.6 is 11.3 Å². The Bertz CT molecular complexity index is 841. The highest BCUT2D eigenvalue weighted by Crippen LogP contribution is 2.20. The minimum Gasteiger partial charge on any atom is -0.421 e. The highest BCUT2D eigenvalue weighted by Gasteiger charge is 2.08. The van der Waals surface area contributed by atoms with E-state index in [-0.39, 0.29) is 6.03 Å². The number of benzene rings is 1. The maximum Gasteiger partial charge on any atom is 0.319 e. The van der Waals surface area contributed by atoms with E-state index in [1.165, 1.54) is 4.88 Å². The number of rotatable bonds is 6. The van der Waals surface area contributed by atoms with Crippen molar-refractivity contribution in [1.82, 2.24) is 20.5 Å². The average molecular weight is 357 g/mol. The van der Waals surface area contributed by atoms with Crippen LogP contribution in [0.4, 0.5) is 10.5 Å². The van der Waals surface area contributed by atoms with Crippen molar-refractivity contribution in [3.05, 3.63) is 46.2 Å². The van der Waals surface area contributed by atoms with Crippen molar-refractivity contribution in [1.29, 1.82) is 0 Å². The van der Waals surface area contributed by atoms with Crippen LogP contribution in [0.25, 0.3) is 11.5 Å². The molecule has 0 saturated carbocycles. The number of amides is 2. The van der Waals surface area contributed by atoms with Crippen LogP contribution in [-0.4, -0.2) is 27.8 Å². The van der Waals surface area contributed by atoms with Gasteiger partial charge >= 0.3 is 6.03 Å². The van der Waals surface area contributed by atoms with E-state index < -0.39 is 0 Å². The molecule has 0 fully saturated rings. The van der Waals surface area contributed by atoms with Crippen molar-refractivity contribution in [3.8, 4) is 11.5 Å². The van der Waals surface area contributed by atoms with Gasteiger partial charge in [-0.15, -0.1) is 21.5 Å². The van der Waals surface area contributed by atoms with E-state index in [4.69, 9.17) is 4.42 Å². The van der Waals surface area contributed by atoms with Crippen LogP contribution in [0.5, 0.6) is 0 Å². The summed E-state index contributed by atoms with van der Waals surface area (Å²) in [6, 6.07) is 7.03. The van der Waals surface area contributed by atoms with Gasteiger partial charge in [-0.1, -0.05) is 6.92 Å². The average Bonchev–Trinajstić information content (AvgIpc) is 3.24. The largest absolute Gasteiger partial charge is 0.421 e. The van der Waals surface area contributed by atoms with Gasteiger partial charge in [0, 0.05) is 41.7 Å². The number of anilines is 1. The smallest absolute Gasteiger partial charge is 0.319 e. The Morgan fingerprint density at radius 1 is 1.24 bits per heavy atom. The van der Waals surface area contributed by atoms with Crippen LogP contribution in [0.1, 0.15) is 22.7 Å². The van der Waals surface area contributed by atoms with Crippen LogP contribution in [-0.2, 0) is 12.8 Å². The van der Waals surface area contributed by atoms with Crippen LogP contribution in [0, 0.1) is 6.92 Å². The van der Waals surface area contributed by atoms with Gasteiger partial charge in [-0.2, -0.15) is 0 Å². The molecule has 0 unspecified atom stereocenters. The summed E-state index contributed by atoms with van der Waals surface area (Å²) in [5, 5.41) is 14.6. The van der Waals surface area contributed by atoms with Gasteiger partial charge in [0.2, 0.25) is 11.8 Å². The summed E-state index contributed by atoms with van der Waals surface area (Å²) in [6.45, 7) is 4.51. The molecule has 2 heterocycles. The topological polar surface area (TPSA) is 92.9 Å². The Morgan fingerprint density at radius 2 is 2.04 bits per heavy atom. The zero-order valence-corrected chi connectivity index (χ0v) is 14.9. The van der Waals surface area contributed by atoms with Crippen molar-refractivity contribution in [3.63, 3.8) is 0 Å². The van der Waals surface area contributed by atoms with Gasteiger partial charge in [-0.25, -0.2) is 9.78 Å². The summed E-state index contributed by atoms with van der Waals surface area (Å²) in [4.78, 5) is 17.4. The van der Waals surface area contributed by atoms with E-state index in [0.29, 0.717) is 30.4 Å². The van der Waals surface area contributed by atoms with Crippen LogP contribution in [0.2, 0.25) is 0 Å². The van der Waals surface area contributed by atoms with Crippen molar-refractivity contribution >= 4 is 23.1 Å². The second-order valence-electron chi connectivity index (χ2n) is 5.43. The van der Waals surface area contributed by atoms with Crippen molar-refractivity contribution in [2.75, 3.05) is 11.9 Å². The number of thiazole rings is 1. The first-order valence-corrected chi connectivity index (χ1v) is 8.84. The van der Waals surface area contributed by atoms with Gasteiger partial charge in [0.05, 0.1) is 5.01 Å². The number of carbonyl (C=O) groups is 1. The molecule has 0 radical (unpaired) electrons. The Morgan fingerprint density at radius 3 is 2.68 bits per heavy atom. The number of nitrogens with zero attached hydrogens (tertiary/aromatic N) is 3. The fourth-order valence-corrected chi connectivity index (χ4v) is 2.97. The normalized spacial score (nSPS) is 10.6. The third-order valence-electron chi connectivity index (χ3n) is 3.45. The van der Waals surface area contributed by atoms with E-state index >= 15 is 0 Å². The van der Waals surface area contributed by atoms with Crippen molar-refractivity contribution < 1.29 is 9.21 Å². The molecule has 2 aromatic heterocycles. The molecular formula is C17H19N5O2S. The number of aryl methyl sites for hydroxylation is 2. The number of aromatic nitrogens is 3. The first-order valence-electron chi connectivity index (χ1n) is 8.03. The second kappa shape index (κ2) is 7.89. The number of hydrogen-bond donors (Lipinski definition) is 2. The molecule has 3 aromatic rings. The highest BCUT2D eigenvalue weighted by atomic mass is 32.1. The van der Waals surface area contributed by atoms with Gasteiger partial charge in [0.1, 0.15) is 0 Å². The van der Waals surface area contributed by atoms with Gasteiger partial charge < -0.3 is 15.1 Å². The zero-order chi connectivity index (χ0) is 17.6. The van der Waals surface area contributed by atoms with Gasteiger partial charge in [0.15, 0.2) is 0 Å². The lowest BCUT2D eigenvalue weighted by molar-refractivity contribution is 0.252. The number of urea groups is 1.